The Morgan fingerprint density at radius 3 is 2.90 bits per heavy atom. The molecular formula is C22H25N5O4. The van der Waals surface area contributed by atoms with Crippen LogP contribution >= 0.6 is 0 Å². The van der Waals surface area contributed by atoms with Gasteiger partial charge < -0.3 is 18.9 Å². The van der Waals surface area contributed by atoms with Gasteiger partial charge in [-0.25, -0.2) is 4.98 Å². The third-order valence-electron chi connectivity index (χ3n) is 5.26. The Morgan fingerprint density at radius 1 is 1.26 bits per heavy atom. The molecule has 9 heteroatoms. The van der Waals surface area contributed by atoms with Crippen molar-refractivity contribution in [1.29, 1.82) is 0 Å². The van der Waals surface area contributed by atoms with Gasteiger partial charge in [-0.05, 0) is 37.0 Å². The van der Waals surface area contributed by atoms with Crippen molar-refractivity contribution in [2.75, 3.05) is 20.2 Å². The molecule has 0 aliphatic carbocycles. The number of hydrogen-bond donors (Lipinski definition) is 0. The van der Waals surface area contributed by atoms with Gasteiger partial charge in [-0.2, -0.15) is 4.98 Å². The van der Waals surface area contributed by atoms with Gasteiger partial charge in [-0.1, -0.05) is 17.3 Å². The molecule has 2 aromatic heterocycles. The molecule has 0 unspecified atom stereocenters. The molecule has 1 fully saturated rings. The molecule has 0 atom stereocenters. The number of piperidine rings is 1. The minimum Gasteiger partial charge on any atom is -0.497 e. The number of benzene rings is 1. The van der Waals surface area contributed by atoms with Crippen molar-refractivity contribution >= 4 is 5.91 Å². The summed E-state index contributed by atoms with van der Waals surface area (Å²) in [6.07, 6.45) is 7.58. The molecule has 0 spiro atoms. The molecule has 4 rings (SSSR count). The Kier molecular flexibility index (Phi) is 6.83. The van der Waals surface area contributed by atoms with Crippen LogP contribution in [0, 0.1) is 0 Å². The van der Waals surface area contributed by atoms with E-state index in [0.29, 0.717) is 43.3 Å². The number of rotatable bonds is 8. The van der Waals surface area contributed by atoms with Crippen LogP contribution in [0.3, 0.4) is 0 Å². The molecule has 1 aliphatic heterocycles. The second-order valence-electron chi connectivity index (χ2n) is 7.35. The first-order valence-corrected chi connectivity index (χ1v) is 10.3. The van der Waals surface area contributed by atoms with Crippen molar-refractivity contribution in [2.45, 2.75) is 38.4 Å². The maximum absolute atomic E-state index is 12.6. The first kappa shape index (κ1) is 20.9. The number of ether oxygens (including phenoxy) is 2. The lowest BCUT2D eigenvalue weighted by molar-refractivity contribution is -0.134. The highest BCUT2D eigenvalue weighted by molar-refractivity contribution is 5.76. The number of carbonyl (C=O) groups excluding carboxylic acids is 1. The smallest absolute Gasteiger partial charge is 0.253 e. The molecule has 0 bridgehead atoms. The van der Waals surface area contributed by atoms with E-state index in [0.717, 1.165) is 24.2 Å². The fourth-order valence-electron chi connectivity index (χ4n) is 3.53. The number of aromatic nitrogens is 4. The first-order valence-electron chi connectivity index (χ1n) is 10.3. The number of likely N-dealkylation sites (tertiary alicyclic amines) is 1. The van der Waals surface area contributed by atoms with Gasteiger partial charge in [0.25, 0.3) is 5.89 Å². The zero-order valence-electron chi connectivity index (χ0n) is 17.4. The van der Waals surface area contributed by atoms with Crippen LogP contribution in [0.2, 0.25) is 0 Å². The fraction of sp³-hybridized carbons (Fsp3) is 0.409. The van der Waals surface area contributed by atoms with E-state index in [1.165, 1.54) is 0 Å². The van der Waals surface area contributed by atoms with Gasteiger partial charge in [0, 0.05) is 31.9 Å². The van der Waals surface area contributed by atoms with Crippen molar-refractivity contribution < 1.29 is 18.8 Å². The van der Waals surface area contributed by atoms with Crippen molar-refractivity contribution in [2.24, 2.45) is 0 Å². The quantitative estimate of drug-likeness (QED) is 0.545. The van der Waals surface area contributed by atoms with Crippen molar-refractivity contribution in [3.05, 3.63) is 54.3 Å². The normalized spacial score (nSPS) is 14.5. The SMILES string of the molecule is COc1cccc(CCC(=O)N2CCC(OCc3nc(-c4cnccn4)no3)CC2)c1. The number of amides is 1. The minimum absolute atomic E-state index is 0.0642. The lowest BCUT2D eigenvalue weighted by Gasteiger charge is -2.31. The monoisotopic (exact) mass is 423 g/mol. The lowest BCUT2D eigenvalue weighted by atomic mass is 10.1. The van der Waals surface area contributed by atoms with Gasteiger partial charge in [0.1, 0.15) is 18.1 Å². The van der Waals surface area contributed by atoms with E-state index in [2.05, 4.69) is 20.1 Å². The Hall–Kier alpha value is -3.33. The molecule has 9 nitrogen and oxygen atoms in total. The highest BCUT2D eigenvalue weighted by Crippen LogP contribution is 2.19. The summed E-state index contributed by atoms with van der Waals surface area (Å²) >= 11 is 0. The summed E-state index contributed by atoms with van der Waals surface area (Å²) in [5.41, 5.74) is 1.66. The second-order valence-corrected chi connectivity index (χ2v) is 7.35. The fourth-order valence-corrected chi connectivity index (χ4v) is 3.53. The summed E-state index contributed by atoms with van der Waals surface area (Å²) in [5, 5.41) is 3.91. The van der Waals surface area contributed by atoms with E-state index in [1.54, 1.807) is 25.7 Å². The molecule has 3 aromatic rings. The predicted molar refractivity (Wildman–Crippen MR) is 111 cm³/mol. The maximum atomic E-state index is 12.6. The molecule has 0 N–H and O–H groups in total. The molecule has 1 saturated heterocycles. The number of nitrogens with zero attached hydrogens (tertiary/aromatic N) is 5. The Labute approximate surface area is 180 Å². The van der Waals surface area contributed by atoms with Crippen LogP contribution in [0.15, 0.2) is 47.4 Å². The Morgan fingerprint density at radius 2 is 2.13 bits per heavy atom. The van der Waals surface area contributed by atoms with Crippen LogP contribution < -0.4 is 4.74 Å². The van der Waals surface area contributed by atoms with Crippen LogP contribution in [-0.4, -0.2) is 57.2 Å². The van der Waals surface area contributed by atoms with Gasteiger partial charge >= 0.3 is 0 Å². The highest BCUT2D eigenvalue weighted by Gasteiger charge is 2.23. The molecule has 1 amide bonds. The Balaban J connectivity index is 1.19. The minimum atomic E-state index is 0.0642. The van der Waals surface area contributed by atoms with Crippen molar-refractivity contribution in [3.63, 3.8) is 0 Å². The predicted octanol–water partition coefficient (Wildman–Crippen LogP) is 2.68. The first-order chi connectivity index (χ1) is 15.2. The summed E-state index contributed by atoms with van der Waals surface area (Å²) in [7, 11) is 1.64. The molecule has 162 valence electrons. The van der Waals surface area contributed by atoms with Crippen LogP contribution in [0.25, 0.3) is 11.5 Å². The number of hydrogen-bond acceptors (Lipinski definition) is 8. The molecule has 3 heterocycles. The van der Waals surface area contributed by atoms with Crippen LogP contribution in [0.4, 0.5) is 0 Å². The van der Waals surface area contributed by atoms with E-state index >= 15 is 0 Å². The van der Waals surface area contributed by atoms with Gasteiger partial charge in [-0.15, -0.1) is 0 Å². The molecule has 1 aliphatic rings. The average Bonchev–Trinajstić information content (AvgIpc) is 3.31. The summed E-state index contributed by atoms with van der Waals surface area (Å²) in [4.78, 5) is 26.9. The summed E-state index contributed by atoms with van der Waals surface area (Å²) in [5.74, 6) is 1.78. The van der Waals surface area contributed by atoms with Crippen LogP contribution in [-0.2, 0) is 22.6 Å². The molecule has 31 heavy (non-hydrogen) atoms. The highest BCUT2D eigenvalue weighted by atomic mass is 16.5. The van der Waals surface area contributed by atoms with Crippen molar-refractivity contribution in [3.8, 4) is 17.3 Å². The van der Waals surface area contributed by atoms with E-state index < -0.39 is 0 Å². The second kappa shape index (κ2) is 10.1. The Bertz CT molecular complexity index is 986. The molecule has 0 saturated carbocycles. The number of carbonyl (C=O) groups is 1. The molecule has 1 aromatic carbocycles. The maximum Gasteiger partial charge on any atom is 0.253 e. The largest absolute Gasteiger partial charge is 0.497 e. The third-order valence-corrected chi connectivity index (χ3v) is 5.26. The number of aryl methyl sites for hydroxylation is 1. The zero-order chi connectivity index (χ0) is 21.5. The third kappa shape index (κ3) is 5.64. The number of methoxy groups -OCH3 is 1. The van der Waals surface area contributed by atoms with Gasteiger partial charge in [0.2, 0.25) is 11.7 Å². The van der Waals surface area contributed by atoms with E-state index in [-0.39, 0.29) is 18.6 Å². The van der Waals surface area contributed by atoms with E-state index in [1.807, 2.05) is 29.2 Å². The molecule has 0 radical (unpaired) electrons. The zero-order valence-corrected chi connectivity index (χ0v) is 17.4. The van der Waals surface area contributed by atoms with Gasteiger partial charge in [-0.3, -0.25) is 9.78 Å². The molecular weight excluding hydrogens is 398 g/mol. The summed E-state index contributed by atoms with van der Waals surface area (Å²) < 4.78 is 16.4. The van der Waals surface area contributed by atoms with Crippen molar-refractivity contribution in [1.82, 2.24) is 25.0 Å². The van der Waals surface area contributed by atoms with E-state index in [9.17, 15) is 4.79 Å². The lowest BCUT2D eigenvalue weighted by Crippen LogP contribution is -2.40. The summed E-state index contributed by atoms with van der Waals surface area (Å²) in [6, 6.07) is 7.84. The van der Waals surface area contributed by atoms with Crippen LogP contribution in [0.5, 0.6) is 5.75 Å². The van der Waals surface area contributed by atoms with Gasteiger partial charge in [0.05, 0.1) is 19.4 Å². The van der Waals surface area contributed by atoms with Gasteiger partial charge in [0.15, 0.2) is 0 Å². The topological polar surface area (TPSA) is 103 Å². The average molecular weight is 423 g/mol. The standard InChI is InChI=1S/C22H25N5O4/c1-29-18-4-2-3-16(13-18)5-6-21(28)27-11-7-17(8-12-27)30-15-20-25-22(26-31-20)19-14-23-9-10-24-19/h2-4,9-10,13-14,17H,5-8,11-12,15H2,1H3. The van der Waals surface area contributed by atoms with Crippen LogP contribution in [0.1, 0.15) is 30.7 Å². The summed E-state index contributed by atoms with van der Waals surface area (Å²) in [6.45, 7) is 1.62. The van der Waals surface area contributed by atoms with E-state index in [4.69, 9.17) is 14.0 Å².